The summed E-state index contributed by atoms with van der Waals surface area (Å²) in [7, 11) is 0. The van der Waals surface area contributed by atoms with E-state index in [4.69, 9.17) is 6.42 Å². The van der Waals surface area contributed by atoms with Crippen molar-refractivity contribution < 1.29 is 4.79 Å². The van der Waals surface area contributed by atoms with Crippen molar-refractivity contribution in [2.45, 2.75) is 20.0 Å². The minimum Gasteiger partial charge on any atom is -0.345 e. The summed E-state index contributed by atoms with van der Waals surface area (Å²) in [5.41, 5.74) is 0.716. The topological polar surface area (TPSA) is 76.9 Å². The van der Waals surface area contributed by atoms with Gasteiger partial charge in [-0.1, -0.05) is 24.1 Å². The number of carbonyl (C=O) groups excluding carboxylic acids is 1. The van der Waals surface area contributed by atoms with Gasteiger partial charge in [-0.15, -0.1) is 17.8 Å². The number of benzene rings is 1. The number of aryl methyl sites for hydroxylation is 1. The second-order valence-corrected chi connectivity index (χ2v) is 6.16. The summed E-state index contributed by atoms with van der Waals surface area (Å²) in [6.07, 6.45) is 5.30. The average molecular weight is 338 g/mol. The van der Waals surface area contributed by atoms with E-state index in [1.807, 2.05) is 13.0 Å². The second-order valence-electron chi connectivity index (χ2n) is 5.09. The third-order valence-electron chi connectivity index (χ3n) is 3.45. The highest BCUT2D eigenvalue weighted by Gasteiger charge is 2.13. The van der Waals surface area contributed by atoms with Gasteiger partial charge in [-0.3, -0.25) is 9.59 Å². The molecule has 7 heteroatoms. The number of rotatable bonds is 4. The second kappa shape index (κ2) is 6.64. The zero-order valence-corrected chi connectivity index (χ0v) is 13.8. The van der Waals surface area contributed by atoms with Crippen LogP contribution in [0.5, 0.6) is 0 Å². The zero-order chi connectivity index (χ0) is 17.1. The van der Waals surface area contributed by atoms with E-state index < -0.39 is 0 Å². The largest absolute Gasteiger partial charge is 0.345 e. The molecule has 0 aliphatic carbocycles. The monoisotopic (exact) mass is 338 g/mol. The van der Waals surface area contributed by atoms with Gasteiger partial charge in [0.15, 0.2) is 0 Å². The van der Waals surface area contributed by atoms with Crippen LogP contribution in [-0.4, -0.2) is 20.7 Å². The number of carbonyl (C=O) groups is 1. The van der Waals surface area contributed by atoms with E-state index in [2.05, 4.69) is 21.3 Å². The van der Waals surface area contributed by atoms with Crippen molar-refractivity contribution in [2.24, 2.45) is 0 Å². The Kier molecular flexibility index (Phi) is 4.40. The lowest BCUT2D eigenvalue weighted by molar-refractivity contribution is 0.0946. The zero-order valence-electron chi connectivity index (χ0n) is 12.9. The fourth-order valence-corrected chi connectivity index (χ4v) is 2.94. The van der Waals surface area contributed by atoms with E-state index >= 15 is 0 Å². The predicted molar refractivity (Wildman–Crippen MR) is 92.9 cm³/mol. The van der Waals surface area contributed by atoms with Gasteiger partial charge in [-0.2, -0.15) is 5.10 Å². The number of fused-ring (bicyclic) bond motifs is 1. The van der Waals surface area contributed by atoms with Crippen LogP contribution >= 0.6 is 11.3 Å². The van der Waals surface area contributed by atoms with Crippen molar-refractivity contribution >= 4 is 28.0 Å². The maximum atomic E-state index is 12.3. The fourth-order valence-electron chi connectivity index (χ4n) is 2.35. The molecule has 0 fully saturated rings. The highest BCUT2D eigenvalue weighted by Crippen LogP contribution is 2.13. The molecule has 0 unspecified atom stereocenters. The van der Waals surface area contributed by atoms with Crippen LogP contribution in [0.4, 0.5) is 0 Å². The van der Waals surface area contributed by atoms with Crippen LogP contribution < -0.4 is 10.9 Å². The molecule has 2 heterocycles. The maximum absolute atomic E-state index is 12.3. The molecule has 0 saturated carbocycles. The molecular weight excluding hydrogens is 324 g/mol. The predicted octanol–water partition coefficient (Wildman–Crippen LogP) is 1.72. The minimum absolute atomic E-state index is 0.0793. The number of nitrogens with one attached hydrogen (secondary N) is 1. The number of hydrogen-bond acceptors (Lipinski definition) is 5. The van der Waals surface area contributed by atoms with E-state index in [-0.39, 0.29) is 24.6 Å². The number of terminal acetylenes is 1. The Labute approximate surface area is 142 Å². The van der Waals surface area contributed by atoms with Crippen LogP contribution in [0.2, 0.25) is 0 Å². The molecule has 2 aromatic heterocycles. The number of thiazole rings is 1. The van der Waals surface area contributed by atoms with Crippen molar-refractivity contribution in [3.63, 3.8) is 0 Å². The summed E-state index contributed by atoms with van der Waals surface area (Å²) < 4.78 is 1.23. The number of aromatic nitrogens is 3. The van der Waals surface area contributed by atoms with Gasteiger partial charge in [0.05, 0.1) is 22.6 Å². The summed E-state index contributed by atoms with van der Waals surface area (Å²) in [6, 6.07) is 7.13. The molecule has 1 aromatic carbocycles. The molecule has 3 rings (SSSR count). The van der Waals surface area contributed by atoms with Crippen molar-refractivity contribution in [1.82, 2.24) is 20.1 Å². The molecule has 3 aromatic rings. The fraction of sp³-hybridized carbons (Fsp3) is 0.176. The van der Waals surface area contributed by atoms with Crippen molar-refractivity contribution in [3.05, 3.63) is 56.4 Å². The van der Waals surface area contributed by atoms with Gasteiger partial charge in [0.2, 0.25) is 0 Å². The molecule has 0 radical (unpaired) electrons. The van der Waals surface area contributed by atoms with Crippen molar-refractivity contribution in [2.75, 3.05) is 0 Å². The average Bonchev–Trinajstić information content (AvgIpc) is 3.03. The Morgan fingerprint density at radius 3 is 2.79 bits per heavy atom. The van der Waals surface area contributed by atoms with E-state index in [0.29, 0.717) is 22.2 Å². The van der Waals surface area contributed by atoms with Gasteiger partial charge in [0, 0.05) is 10.8 Å². The van der Waals surface area contributed by atoms with E-state index in [1.165, 1.54) is 16.0 Å². The number of nitrogens with zero attached hydrogens (tertiary/aromatic N) is 3. The van der Waals surface area contributed by atoms with Gasteiger partial charge in [-0.25, -0.2) is 9.67 Å². The molecule has 0 aliphatic rings. The maximum Gasteiger partial charge on any atom is 0.275 e. The third kappa shape index (κ3) is 3.05. The standard InChI is InChI=1S/C17H14N4O2S/c1-3-8-21-17(23)13-7-5-4-6-12(13)14(20-21)9-18-16(22)15-10-24-11(2)19-15/h1,4-7,10H,8-9H2,2H3,(H,18,22). The molecule has 24 heavy (non-hydrogen) atoms. The molecule has 0 bridgehead atoms. The molecule has 1 N–H and O–H groups in total. The molecule has 0 spiro atoms. The summed E-state index contributed by atoms with van der Waals surface area (Å²) >= 11 is 1.41. The highest BCUT2D eigenvalue weighted by molar-refractivity contribution is 7.09. The smallest absolute Gasteiger partial charge is 0.275 e. The Morgan fingerprint density at radius 1 is 1.38 bits per heavy atom. The van der Waals surface area contributed by atoms with Crippen LogP contribution in [0.25, 0.3) is 10.8 Å². The minimum atomic E-state index is -0.278. The summed E-state index contributed by atoms with van der Waals surface area (Å²) in [6.45, 7) is 2.10. The Hall–Kier alpha value is -2.98. The van der Waals surface area contributed by atoms with Gasteiger partial charge in [0.25, 0.3) is 11.5 Å². The van der Waals surface area contributed by atoms with E-state index in [0.717, 1.165) is 5.01 Å². The van der Waals surface area contributed by atoms with Crippen molar-refractivity contribution in [3.8, 4) is 12.3 Å². The molecule has 0 aliphatic heterocycles. The van der Waals surface area contributed by atoms with Crippen LogP contribution in [-0.2, 0) is 13.1 Å². The first-order valence-electron chi connectivity index (χ1n) is 7.22. The quantitative estimate of drug-likeness (QED) is 0.735. The van der Waals surface area contributed by atoms with E-state index in [9.17, 15) is 9.59 Å². The molecule has 0 atom stereocenters. The lowest BCUT2D eigenvalue weighted by atomic mass is 10.1. The first-order valence-corrected chi connectivity index (χ1v) is 8.10. The Bertz CT molecular complexity index is 1010. The molecule has 0 saturated heterocycles. The van der Waals surface area contributed by atoms with Gasteiger partial charge in [0.1, 0.15) is 12.2 Å². The molecule has 1 amide bonds. The summed E-state index contributed by atoms with van der Waals surface area (Å²) in [5.74, 6) is 2.14. The number of hydrogen-bond donors (Lipinski definition) is 1. The SMILES string of the molecule is C#CCn1nc(CNC(=O)c2csc(C)n2)c2ccccc2c1=O. The van der Waals surface area contributed by atoms with Crippen LogP contribution in [0.3, 0.4) is 0 Å². The first-order chi connectivity index (χ1) is 11.6. The molecule has 120 valence electrons. The molecule has 6 nitrogen and oxygen atoms in total. The number of amides is 1. The van der Waals surface area contributed by atoms with Crippen molar-refractivity contribution in [1.29, 1.82) is 0 Å². The van der Waals surface area contributed by atoms with Gasteiger partial charge < -0.3 is 5.32 Å². The lowest BCUT2D eigenvalue weighted by Gasteiger charge is -2.10. The Morgan fingerprint density at radius 2 is 2.12 bits per heavy atom. The van der Waals surface area contributed by atoms with Gasteiger partial charge in [-0.05, 0) is 13.0 Å². The molecular formula is C17H14N4O2S. The van der Waals surface area contributed by atoms with Crippen LogP contribution in [0.15, 0.2) is 34.4 Å². The van der Waals surface area contributed by atoms with Crippen LogP contribution in [0, 0.1) is 19.3 Å². The normalized spacial score (nSPS) is 10.5. The van der Waals surface area contributed by atoms with E-state index in [1.54, 1.807) is 23.6 Å². The summed E-state index contributed by atoms with van der Waals surface area (Å²) in [4.78, 5) is 28.6. The first kappa shape index (κ1) is 15.9. The van der Waals surface area contributed by atoms with Crippen LogP contribution in [0.1, 0.15) is 21.2 Å². The lowest BCUT2D eigenvalue weighted by Crippen LogP contribution is -2.28. The summed E-state index contributed by atoms with van der Waals surface area (Å²) in [5, 5.41) is 10.8. The Balaban J connectivity index is 1.94. The van der Waals surface area contributed by atoms with Gasteiger partial charge >= 0.3 is 0 Å². The highest BCUT2D eigenvalue weighted by atomic mass is 32.1. The third-order valence-corrected chi connectivity index (χ3v) is 4.23.